The fourth-order valence-electron chi connectivity index (χ4n) is 2.54. The number of aromatic nitrogens is 3. The Labute approximate surface area is 118 Å². The third-order valence-electron chi connectivity index (χ3n) is 3.53. The average Bonchev–Trinajstić information content (AvgIpc) is 2.86. The Morgan fingerprint density at radius 3 is 2.70 bits per heavy atom. The van der Waals surface area contributed by atoms with Gasteiger partial charge in [-0.2, -0.15) is 5.10 Å². The summed E-state index contributed by atoms with van der Waals surface area (Å²) in [5, 5.41) is 8.76. The molecule has 0 amide bonds. The SMILES string of the molecule is CNC(c1ccc2nc(C)ccc2c1)c1cnn(C)c1. The molecule has 20 heavy (non-hydrogen) atoms. The zero-order valence-electron chi connectivity index (χ0n) is 12.0. The van der Waals surface area contributed by atoms with E-state index in [9.17, 15) is 0 Å². The Kier molecular flexibility index (Phi) is 3.24. The number of nitrogens with zero attached hydrogens (tertiary/aromatic N) is 3. The maximum absolute atomic E-state index is 4.54. The van der Waals surface area contributed by atoms with E-state index in [-0.39, 0.29) is 6.04 Å². The topological polar surface area (TPSA) is 42.7 Å². The minimum Gasteiger partial charge on any atom is -0.309 e. The van der Waals surface area contributed by atoms with Crippen LogP contribution in [0, 0.1) is 6.92 Å². The third kappa shape index (κ3) is 2.30. The lowest BCUT2D eigenvalue weighted by Gasteiger charge is -2.15. The summed E-state index contributed by atoms with van der Waals surface area (Å²) in [5.41, 5.74) is 4.46. The van der Waals surface area contributed by atoms with Gasteiger partial charge in [-0.05, 0) is 37.7 Å². The molecule has 3 aromatic rings. The first-order valence-electron chi connectivity index (χ1n) is 6.70. The van der Waals surface area contributed by atoms with Crippen LogP contribution in [0.5, 0.6) is 0 Å². The second-order valence-electron chi connectivity index (χ2n) is 5.07. The molecule has 0 radical (unpaired) electrons. The minimum atomic E-state index is 0.148. The number of hydrogen-bond donors (Lipinski definition) is 1. The summed E-state index contributed by atoms with van der Waals surface area (Å²) in [5.74, 6) is 0. The molecule has 1 atom stereocenters. The molecule has 102 valence electrons. The molecule has 1 unspecified atom stereocenters. The van der Waals surface area contributed by atoms with Gasteiger partial charge in [0.25, 0.3) is 0 Å². The molecule has 0 aliphatic rings. The summed E-state index contributed by atoms with van der Waals surface area (Å²) in [4.78, 5) is 4.54. The van der Waals surface area contributed by atoms with Gasteiger partial charge in [-0.25, -0.2) is 0 Å². The van der Waals surface area contributed by atoms with E-state index in [0.717, 1.165) is 22.2 Å². The number of benzene rings is 1. The van der Waals surface area contributed by atoms with Gasteiger partial charge in [0.2, 0.25) is 0 Å². The fourth-order valence-corrected chi connectivity index (χ4v) is 2.54. The average molecular weight is 266 g/mol. The highest BCUT2D eigenvalue weighted by Crippen LogP contribution is 2.24. The lowest BCUT2D eigenvalue weighted by molar-refractivity contribution is 0.690. The van der Waals surface area contributed by atoms with E-state index in [1.54, 1.807) is 0 Å². The van der Waals surface area contributed by atoms with Gasteiger partial charge in [0.05, 0.1) is 17.8 Å². The van der Waals surface area contributed by atoms with Crippen molar-refractivity contribution >= 4 is 10.9 Å². The van der Waals surface area contributed by atoms with Crippen molar-refractivity contribution in [2.24, 2.45) is 7.05 Å². The molecule has 2 aromatic heterocycles. The number of hydrogen-bond acceptors (Lipinski definition) is 3. The first-order chi connectivity index (χ1) is 9.67. The van der Waals surface area contributed by atoms with Crippen molar-refractivity contribution in [3.05, 3.63) is 59.5 Å². The summed E-state index contributed by atoms with van der Waals surface area (Å²) in [6.45, 7) is 2.01. The molecule has 4 nitrogen and oxygen atoms in total. The summed E-state index contributed by atoms with van der Waals surface area (Å²) < 4.78 is 1.83. The second-order valence-corrected chi connectivity index (χ2v) is 5.07. The van der Waals surface area contributed by atoms with Gasteiger partial charge in [0.15, 0.2) is 0 Å². The molecule has 0 bridgehead atoms. The van der Waals surface area contributed by atoms with Crippen LogP contribution in [0.1, 0.15) is 22.9 Å². The molecule has 0 aliphatic carbocycles. The van der Waals surface area contributed by atoms with Crippen LogP contribution in [0.2, 0.25) is 0 Å². The first-order valence-corrected chi connectivity index (χ1v) is 6.70. The summed E-state index contributed by atoms with van der Waals surface area (Å²) in [6.07, 6.45) is 3.94. The summed E-state index contributed by atoms with van der Waals surface area (Å²) in [7, 11) is 3.90. The van der Waals surface area contributed by atoms with E-state index in [4.69, 9.17) is 0 Å². The maximum atomic E-state index is 4.54. The molecule has 2 heterocycles. The van der Waals surface area contributed by atoms with Crippen molar-refractivity contribution in [2.45, 2.75) is 13.0 Å². The van der Waals surface area contributed by atoms with Crippen LogP contribution in [0.4, 0.5) is 0 Å². The van der Waals surface area contributed by atoms with Gasteiger partial charge in [-0.3, -0.25) is 9.67 Å². The van der Waals surface area contributed by atoms with E-state index in [1.165, 1.54) is 5.56 Å². The standard InChI is InChI=1S/C16H18N4/c1-11-4-5-12-8-13(6-7-15(12)19-11)16(17-2)14-9-18-20(3)10-14/h4-10,16-17H,1-3H3. The van der Waals surface area contributed by atoms with E-state index in [2.05, 4.69) is 39.7 Å². The van der Waals surface area contributed by atoms with Crippen LogP contribution in [-0.4, -0.2) is 21.8 Å². The predicted molar refractivity (Wildman–Crippen MR) is 80.6 cm³/mol. The Bertz CT molecular complexity index is 745. The molecule has 0 saturated carbocycles. The van der Waals surface area contributed by atoms with Crippen molar-refractivity contribution < 1.29 is 0 Å². The predicted octanol–water partition coefficient (Wildman–Crippen LogP) is 2.59. The lowest BCUT2D eigenvalue weighted by Crippen LogP contribution is -2.17. The molecular weight excluding hydrogens is 248 g/mol. The Morgan fingerprint density at radius 1 is 1.15 bits per heavy atom. The molecule has 1 aromatic carbocycles. The van der Waals surface area contributed by atoms with Crippen LogP contribution in [0.3, 0.4) is 0 Å². The van der Waals surface area contributed by atoms with Gasteiger partial charge in [0, 0.05) is 29.9 Å². The Morgan fingerprint density at radius 2 is 2.00 bits per heavy atom. The monoisotopic (exact) mass is 266 g/mol. The normalized spacial score (nSPS) is 12.8. The number of rotatable bonds is 3. The van der Waals surface area contributed by atoms with Crippen LogP contribution < -0.4 is 5.32 Å². The van der Waals surface area contributed by atoms with Crippen molar-refractivity contribution in [3.8, 4) is 0 Å². The molecule has 0 fully saturated rings. The molecule has 0 aliphatic heterocycles. The zero-order chi connectivity index (χ0) is 14.1. The number of fused-ring (bicyclic) bond motifs is 1. The molecular formula is C16H18N4. The van der Waals surface area contributed by atoms with E-state index in [0.29, 0.717) is 0 Å². The van der Waals surface area contributed by atoms with E-state index in [1.807, 2.05) is 44.2 Å². The quantitative estimate of drug-likeness (QED) is 0.792. The largest absolute Gasteiger partial charge is 0.309 e. The first kappa shape index (κ1) is 12.8. The van der Waals surface area contributed by atoms with Gasteiger partial charge < -0.3 is 5.32 Å². The smallest absolute Gasteiger partial charge is 0.0705 e. The number of nitrogens with one attached hydrogen (secondary N) is 1. The van der Waals surface area contributed by atoms with Gasteiger partial charge >= 0.3 is 0 Å². The molecule has 0 spiro atoms. The van der Waals surface area contributed by atoms with Gasteiger partial charge in [-0.15, -0.1) is 0 Å². The highest BCUT2D eigenvalue weighted by Gasteiger charge is 2.14. The second kappa shape index (κ2) is 5.06. The number of aryl methyl sites for hydroxylation is 2. The third-order valence-corrected chi connectivity index (χ3v) is 3.53. The van der Waals surface area contributed by atoms with Gasteiger partial charge in [0.1, 0.15) is 0 Å². The van der Waals surface area contributed by atoms with E-state index < -0.39 is 0 Å². The molecule has 4 heteroatoms. The Balaban J connectivity index is 2.05. The molecule has 0 saturated heterocycles. The van der Waals surface area contributed by atoms with Crippen LogP contribution in [0.15, 0.2) is 42.7 Å². The summed E-state index contributed by atoms with van der Waals surface area (Å²) >= 11 is 0. The Hall–Kier alpha value is -2.20. The summed E-state index contributed by atoms with van der Waals surface area (Å²) in [6, 6.07) is 10.7. The fraction of sp³-hybridized carbons (Fsp3) is 0.250. The maximum Gasteiger partial charge on any atom is 0.0705 e. The molecule has 1 N–H and O–H groups in total. The van der Waals surface area contributed by atoms with Crippen molar-refractivity contribution in [1.82, 2.24) is 20.1 Å². The van der Waals surface area contributed by atoms with Crippen LogP contribution >= 0.6 is 0 Å². The van der Waals surface area contributed by atoms with E-state index >= 15 is 0 Å². The highest BCUT2D eigenvalue weighted by molar-refractivity contribution is 5.79. The van der Waals surface area contributed by atoms with Gasteiger partial charge in [-0.1, -0.05) is 12.1 Å². The van der Waals surface area contributed by atoms with Crippen LogP contribution in [0.25, 0.3) is 10.9 Å². The van der Waals surface area contributed by atoms with Crippen LogP contribution in [-0.2, 0) is 7.05 Å². The minimum absolute atomic E-state index is 0.148. The molecule has 3 rings (SSSR count). The van der Waals surface area contributed by atoms with Crippen molar-refractivity contribution in [3.63, 3.8) is 0 Å². The number of pyridine rings is 1. The van der Waals surface area contributed by atoms with Crippen molar-refractivity contribution in [1.29, 1.82) is 0 Å². The lowest BCUT2D eigenvalue weighted by atomic mass is 10.00. The zero-order valence-corrected chi connectivity index (χ0v) is 12.0. The highest BCUT2D eigenvalue weighted by atomic mass is 15.2. The van der Waals surface area contributed by atoms with Crippen molar-refractivity contribution in [2.75, 3.05) is 7.05 Å².